The van der Waals surface area contributed by atoms with Crippen molar-refractivity contribution in [2.45, 2.75) is 11.8 Å². The minimum absolute atomic E-state index is 0.0699. The fourth-order valence-electron chi connectivity index (χ4n) is 2.73. The van der Waals surface area contributed by atoms with Gasteiger partial charge < -0.3 is 0 Å². The van der Waals surface area contributed by atoms with Gasteiger partial charge in [-0.05, 0) is 23.1 Å². The predicted molar refractivity (Wildman–Crippen MR) is 86.5 cm³/mol. The van der Waals surface area contributed by atoms with Crippen molar-refractivity contribution in [3.8, 4) is 0 Å². The van der Waals surface area contributed by atoms with Crippen LogP contribution >= 0.6 is 0 Å². The highest BCUT2D eigenvalue weighted by molar-refractivity contribution is 5.76. The number of allylic oxidation sites excluding steroid dienone is 5. The van der Waals surface area contributed by atoms with Crippen molar-refractivity contribution in [3.05, 3.63) is 103 Å². The highest BCUT2D eigenvalue weighted by atomic mass is 14.3. The second-order valence-electron chi connectivity index (χ2n) is 5.17. The lowest BCUT2D eigenvalue weighted by molar-refractivity contribution is 0.679. The third kappa shape index (κ3) is 2.25. The van der Waals surface area contributed by atoms with Crippen molar-refractivity contribution < 1.29 is 0 Å². The van der Waals surface area contributed by atoms with Crippen molar-refractivity contribution in [3.63, 3.8) is 0 Å². The van der Waals surface area contributed by atoms with E-state index in [0.29, 0.717) is 0 Å². The SMILES string of the molecule is C=CC1(c2ccccc2)C=CC(c2ccccc2)=CC1. The summed E-state index contributed by atoms with van der Waals surface area (Å²) >= 11 is 0. The maximum absolute atomic E-state index is 4.05. The van der Waals surface area contributed by atoms with Crippen molar-refractivity contribution in [2.24, 2.45) is 0 Å². The summed E-state index contributed by atoms with van der Waals surface area (Å²) in [5.74, 6) is 0. The average molecular weight is 258 g/mol. The molecular weight excluding hydrogens is 240 g/mol. The van der Waals surface area contributed by atoms with E-state index in [2.05, 4.69) is 91.5 Å². The molecule has 98 valence electrons. The summed E-state index contributed by atoms with van der Waals surface area (Å²) in [4.78, 5) is 0. The lowest BCUT2D eigenvalue weighted by Crippen LogP contribution is -2.21. The third-order valence-corrected chi connectivity index (χ3v) is 4.00. The molecule has 2 aromatic carbocycles. The second kappa shape index (κ2) is 5.34. The molecule has 0 heterocycles. The molecule has 2 aromatic rings. The molecule has 1 unspecified atom stereocenters. The van der Waals surface area contributed by atoms with Crippen molar-refractivity contribution in [1.82, 2.24) is 0 Å². The fourth-order valence-corrected chi connectivity index (χ4v) is 2.73. The van der Waals surface area contributed by atoms with Crippen LogP contribution in [0.15, 0.2) is 91.5 Å². The van der Waals surface area contributed by atoms with Gasteiger partial charge >= 0.3 is 0 Å². The molecule has 0 fully saturated rings. The Bertz CT molecular complexity index is 647. The first-order valence-corrected chi connectivity index (χ1v) is 6.98. The van der Waals surface area contributed by atoms with Crippen LogP contribution in [-0.2, 0) is 5.41 Å². The molecule has 0 heteroatoms. The minimum Gasteiger partial charge on any atom is -0.102 e. The van der Waals surface area contributed by atoms with Crippen LogP contribution in [0.4, 0.5) is 0 Å². The van der Waals surface area contributed by atoms with Crippen LogP contribution in [0.3, 0.4) is 0 Å². The Balaban J connectivity index is 1.93. The van der Waals surface area contributed by atoms with Gasteiger partial charge in [0.15, 0.2) is 0 Å². The van der Waals surface area contributed by atoms with E-state index in [1.54, 1.807) is 0 Å². The van der Waals surface area contributed by atoms with Crippen LogP contribution in [-0.4, -0.2) is 0 Å². The summed E-state index contributed by atoms with van der Waals surface area (Å²) in [5.41, 5.74) is 3.79. The lowest BCUT2D eigenvalue weighted by Gasteiger charge is -2.29. The van der Waals surface area contributed by atoms with Gasteiger partial charge in [-0.3, -0.25) is 0 Å². The van der Waals surface area contributed by atoms with Gasteiger partial charge in [-0.2, -0.15) is 0 Å². The van der Waals surface area contributed by atoms with Gasteiger partial charge in [0.2, 0.25) is 0 Å². The molecule has 20 heavy (non-hydrogen) atoms. The maximum atomic E-state index is 4.05. The Labute approximate surface area is 120 Å². The molecule has 3 rings (SSSR count). The van der Waals surface area contributed by atoms with Gasteiger partial charge in [-0.25, -0.2) is 0 Å². The number of rotatable bonds is 3. The van der Waals surface area contributed by atoms with Crippen molar-refractivity contribution in [2.75, 3.05) is 0 Å². The Morgan fingerprint density at radius 2 is 1.55 bits per heavy atom. The molecule has 0 bridgehead atoms. The first kappa shape index (κ1) is 12.7. The Morgan fingerprint density at radius 1 is 0.900 bits per heavy atom. The minimum atomic E-state index is -0.0699. The zero-order valence-electron chi connectivity index (χ0n) is 11.5. The summed E-state index contributed by atoms with van der Waals surface area (Å²) in [7, 11) is 0. The summed E-state index contributed by atoms with van der Waals surface area (Å²) in [6, 6.07) is 21.1. The molecule has 0 nitrogen and oxygen atoms in total. The monoisotopic (exact) mass is 258 g/mol. The lowest BCUT2D eigenvalue weighted by atomic mass is 9.74. The zero-order valence-corrected chi connectivity index (χ0v) is 11.5. The van der Waals surface area contributed by atoms with E-state index in [1.807, 2.05) is 0 Å². The van der Waals surface area contributed by atoms with E-state index in [9.17, 15) is 0 Å². The van der Waals surface area contributed by atoms with E-state index < -0.39 is 0 Å². The highest BCUT2D eigenvalue weighted by Crippen LogP contribution is 2.37. The van der Waals surface area contributed by atoms with Crippen LogP contribution in [0.2, 0.25) is 0 Å². The van der Waals surface area contributed by atoms with Crippen molar-refractivity contribution >= 4 is 5.57 Å². The first-order chi connectivity index (χ1) is 9.84. The summed E-state index contributed by atoms with van der Waals surface area (Å²) in [6.45, 7) is 4.05. The summed E-state index contributed by atoms with van der Waals surface area (Å²) in [6.07, 6.45) is 9.81. The van der Waals surface area contributed by atoms with Gasteiger partial charge in [-0.1, -0.05) is 85.0 Å². The number of hydrogen-bond donors (Lipinski definition) is 0. The molecule has 0 amide bonds. The van der Waals surface area contributed by atoms with E-state index >= 15 is 0 Å². The highest BCUT2D eigenvalue weighted by Gasteiger charge is 2.26. The Kier molecular flexibility index (Phi) is 3.39. The first-order valence-electron chi connectivity index (χ1n) is 6.98. The van der Waals surface area contributed by atoms with Crippen LogP contribution in [0.1, 0.15) is 17.5 Å². The average Bonchev–Trinajstić information content (AvgIpc) is 2.56. The normalized spacial score (nSPS) is 21.3. The smallest absolute Gasteiger partial charge is 0.0347 e. The fraction of sp³-hybridized carbons (Fsp3) is 0.100. The van der Waals surface area contributed by atoms with Gasteiger partial charge in [0.05, 0.1) is 0 Å². The number of hydrogen-bond acceptors (Lipinski definition) is 0. The van der Waals surface area contributed by atoms with Crippen LogP contribution < -0.4 is 0 Å². The Morgan fingerprint density at radius 3 is 2.10 bits per heavy atom. The molecule has 1 aliphatic carbocycles. The van der Waals surface area contributed by atoms with Crippen LogP contribution in [0.5, 0.6) is 0 Å². The van der Waals surface area contributed by atoms with Gasteiger partial charge in [0.1, 0.15) is 0 Å². The van der Waals surface area contributed by atoms with E-state index in [4.69, 9.17) is 0 Å². The van der Waals surface area contributed by atoms with Crippen LogP contribution in [0, 0.1) is 0 Å². The quantitative estimate of drug-likeness (QED) is 0.667. The van der Waals surface area contributed by atoms with E-state index in [-0.39, 0.29) is 5.41 Å². The van der Waals surface area contributed by atoms with E-state index in [1.165, 1.54) is 16.7 Å². The molecule has 0 spiro atoms. The molecule has 0 aromatic heterocycles. The molecule has 1 aliphatic rings. The topological polar surface area (TPSA) is 0 Å². The molecular formula is C20H18. The van der Waals surface area contributed by atoms with Crippen LogP contribution in [0.25, 0.3) is 5.57 Å². The molecule has 1 atom stereocenters. The molecule has 0 N–H and O–H groups in total. The summed E-state index contributed by atoms with van der Waals surface area (Å²) in [5, 5.41) is 0. The molecule has 0 radical (unpaired) electrons. The maximum Gasteiger partial charge on any atom is 0.0347 e. The standard InChI is InChI=1S/C20H18/c1-2-20(19-11-7-4-8-12-19)15-13-18(14-16-20)17-9-5-3-6-10-17/h2-15H,1,16H2. The third-order valence-electron chi connectivity index (χ3n) is 4.00. The Hall–Kier alpha value is -2.34. The largest absolute Gasteiger partial charge is 0.102 e. The van der Waals surface area contributed by atoms with Gasteiger partial charge in [-0.15, -0.1) is 6.58 Å². The second-order valence-corrected chi connectivity index (χ2v) is 5.17. The van der Waals surface area contributed by atoms with Crippen molar-refractivity contribution in [1.29, 1.82) is 0 Å². The molecule has 0 aliphatic heterocycles. The predicted octanol–water partition coefficient (Wildman–Crippen LogP) is 5.15. The van der Waals surface area contributed by atoms with Gasteiger partial charge in [0.25, 0.3) is 0 Å². The molecule has 0 saturated carbocycles. The van der Waals surface area contributed by atoms with Gasteiger partial charge in [0, 0.05) is 5.41 Å². The van der Waals surface area contributed by atoms with E-state index in [0.717, 1.165) is 6.42 Å². The number of benzene rings is 2. The summed E-state index contributed by atoms with van der Waals surface area (Å²) < 4.78 is 0. The zero-order chi connectivity index (χ0) is 13.8. The molecule has 0 saturated heterocycles.